The second kappa shape index (κ2) is 4.41. The van der Waals surface area contributed by atoms with Crippen molar-refractivity contribution in [3.05, 3.63) is 23.5 Å². The van der Waals surface area contributed by atoms with E-state index in [2.05, 4.69) is 5.32 Å². The first-order valence-corrected chi connectivity index (χ1v) is 5.81. The quantitative estimate of drug-likeness (QED) is 0.684. The highest BCUT2D eigenvalue weighted by Crippen LogP contribution is 2.33. The summed E-state index contributed by atoms with van der Waals surface area (Å²) in [5.74, 6) is -0.970. The lowest BCUT2D eigenvalue weighted by molar-refractivity contribution is -0.121. The molecule has 2 rings (SSSR count). The van der Waals surface area contributed by atoms with Crippen LogP contribution in [0.3, 0.4) is 0 Å². The van der Waals surface area contributed by atoms with E-state index < -0.39 is 11.8 Å². The van der Waals surface area contributed by atoms with Crippen molar-refractivity contribution in [2.75, 3.05) is 7.05 Å². The second-order valence-electron chi connectivity index (χ2n) is 4.29. The van der Waals surface area contributed by atoms with E-state index in [1.165, 1.54) is 4.90 Å². The third-order valence-electron chi connectivity index (χ3n) is 3.03. The van der Waals surface area contributed by atoms with Crippen LogP contribution in [0.1, 0.15) is 12.8 Å². The Morgan fingerprint density at radius 1 is 1.65 bits per heavy atom. The lowest BCUT2D eigenvalue weighted by atomic mass is 9.86. The molecule has 1 heterocycles. The molecule has 2 atom stereocenters. The summed E-state index contributed by atoms with van der Waals surface area (Å²) in [6, 6.07) is -0.273. The van der Waals surface area contributed by atoms with Crippen LogP contribution in [0.2, 0.25) is 0 Å². The topological polar surface area (TPSA) is 75.4 Å². The zero-order valence-corrected chi connectivity index (χ0v) is 10.2. The average Bonchev–Trinajstić information content (AvgIpc) is 2.39. The summed E-state index contributed by atoms with van der Waals surface area (Å²) in [4.78, 5) is 24.5. The number of nitrogens with two attached hydrogens (primary N) is 1. The fraction of sp³-hybridized carbons (Fsp3) is 0.455. The maximum absolute atomic E-state index is 11.7. The Kier molecular flexibility index (Phi) is 3.11. The summed E-state index contributed by atoms with van der Waals surface area (Å²) in [6.45, 7) is 0. The van der Waals surface area contributed by atoms with Gasteiger partial charge in [-0.15, -0.1) is 11.6 Å². The summed E-state index contributed by atoms with van der Waals surface area (Å²) in [7, 11) is 1.64. The summed E-state index contributed by atoms with van der Waals surface area (Å²) in [5, 5.41) is 2.60. The number of carbonyl (C=O) groups is 2. The van der Waals surface area contributed by atoms with E-state index in [0.717, 1.165) is 5.57 Å². The number of allylic oxidation sites excluding steroid dienone is 2. The molecule has 0 aromatic heterocycles. The summed E-state index contributed by atoms with van der Waals surface area (Å²) in [6.07, 6.45) is 4.56. The molecule has 5 nitrogen and oxygen atoms in total. The van der Waals surface area contributed by atoms with Gasteiger partial charge in [-0.05, 0) is 24.5 Å². The smallest absolute Gasteiger partial charge is 0.325 e. The maximum Gasteiger partial charge on any atom is 0.325 e. The van der Waals surface area contributed by atoms with Crippen LogP contribution in [0.4, 0.5) is 4.79 Å². The second-order valence-corrected chi connectivity index (χ2v) is 4.90. The van der Waals surface area contributed by atoms with Crippen molar-refractivity contribution in [1.29, 1.82) is 0 Å². The minimum Gasteiger partial charge on any atom is -0.369 e. The molecule has 17 heavy (non-hydrogen) atoms. The molecule has 92 valence electrons. The number of urea groups is 1. The molecular formula is C11H14ClN3O2. The Hall–Kier alpha value is -1.49. The van der Waals surface area contributed by atoms with Crippen LogP contribution in [0.5, 0.6) is 0 Å². The molecule has 0 aromatic carbocycles. The predicted octanol–water partition coefficient (Wildman–Crippen LogP) is 0.912. The van der Waals surface area contributed by atoms with E-state index in [9.17, 15) is 9.59 Å². The average molecular weight is 256 g/mol. The number of rotatable bonds is 1. The molecular weight excluding hydrogens is 242 g/mol. The molecule has 0 radical (unpaired) electrons. The van der Waals surface area contributed by atoms with E-state index in [-0.39, 0.29) is 11.4 Å². The van der Waals surface area contributed by atoms with Crippen molar-refractivity contribution in [2.24, 2.45) is 11.7 Å². The largest absolute Gasteiger partial charge is 0.369 e. The Bertz CT molecular complexity index is 430. The number of primary amides is 1. The SMILES string of the molecule is CN1C=CC2=C(NC1=O)C(C(N)=O)CC(Cl)C2. The summed E-state index contributed by atoms with van der Waals surface area (Å²) < 4.78 is 0. The van der Waals surface area contributed by atoms with Gasteiger partial charge in [0.1, 0.15) is 0 Å². The first-order valence-electron chi connectivity index (χ1n) is 5.37. The molecule has 6 heteroatoms. The number of carbonyl (C=O) groups excluding carboxylic acids is 2. The molecule has 3 N–H and O–H groups in total. The van der Waals surface area contributed by atoms with Crippen LogP contribution < -0.4 is 11.1 Å². The van der Waals surface area contributed by atoms with E-state index >= 15 is 0 Å². The fourth-order valence-electron chi connectivity index (χ4n) is 2.09. The van der Waals surface area contributed by atoms with Crippen molar-refractivity contribution in [1.82, 2.24) is 10.2 Å². The van der Waals surface area contributed by atoms with Gasteiger partial charge in [-0.25, -0.2) is 4.79 Å². The predicted molar refractivity (Wildman–Crippen MR) is 64.0 cm³/mol. The van der Waals surface area contributed by atoms with Gasteiger partial charge in [-0.1, -0.05) is 0 Å². The van der Waals surface area contributed by atoms with E-state index in [4.69, 9.17) is 17.3 Å². The minimum absolute atomic E-state index is 0.129. The molecule has 0 aromatic rings. The van der Waals surface area contributed by atoms with Crippen LogP contribution >= 0.6 is 11.6 Å². The van der Waals surface area contributed by atoms with Gasteiger partial charge in [0.2, 0.25) is 5.91 Å². The van der Waals surface area contributed by atoms with Crippen molar-refractivity contribution in [2.45, 2.75) is 18.2 Å². The molecule has 0 spiro atoms. The third-order valence-corrected chi connectivity index (χ3v) is 3.36. The van der Waals surface area contributed by atoms with Gasteiger partial charge >= 0.3 is 6.03 Å². The van der Waals surface area contributed by atoms with Crippen molar-refractivity contribution in [3.8, 4) is 0 Å². The normalized spacial score (nSPS) is 28.6. The Morgan fingerprint density at radius 3 is 3.00 bits per heavy atom. The van der Waals surface area contributed by atoms with Gasteiger partial charge in [-0.3, -0.25) is 4.79 Å². The van der Waals surface area contributed by atoms with Crippen molar-refractivity contribution in [3.63, 3.8) is 0 Å². The number of alkyl halides is 1. The molecule has 0 bridgehead atoms. The van der Waals surface area contributed by atoms with Gasteiger partial charge < -0.3 is 16.0 Å². The number of nitrogens with one attached hydrogen (secondary N) is 1. The molecule has 3 amide bonds. The fourth-order valence-corrected chi connectivity index (χ4v) is 2.43. The highest BCUT2D eigenvalue weighted by atomic mass is 35.5. The van der Waals surface area contributed by atoms with E-state index in [1.807, 2.05) is 0 Å². The van der Waals surface area contributed by atoms with Gasteiger partial charge in [0, 0.05) is 24.3 Å². The first kappa shape index (κ1) is 12.0. The number of amides is 3. The van der Waals surface area contributed by atoms with Gasteiger partial charge in [0.15, 0.2) is 0 Å². The molecule has 2 unspecified atom stereocenters. The van der Waals surface area contributed by atoms with Crippen LogP contribution in [-0.4, -0.2) is 29.3 Å². The number of hydrogen-bond acceptors (Lipinski definition) is 2. The molecule has 1 aliphatic heterocycles. The van der Waals surface area contributed by atoms with Gasteiger partial charge in [-0.2, -0.15) is 0 Å². The van der Waals surface area contributed by atoms with Gasteiger partial charge in [0.25, 0.3) is 0 Å². The molecule has 0 saturated heterocycles. The monoisotopic (exact) mass is 255 g/mol. The zero-order valence-electron chi connectivity index (χ0n) is 9.44. The van der Waals surface area contributed by atoms with Crippen molar-refractivity contribution < 1.29 is 9.59 Å². The number of hydrogen-bond donors (Lipinski definition) is 2. The van der Waals surface area contributed by atoms with Crippen LogP contribution in [-0.2, 0) is 4.79 Å². The summed E-state index contributed by atoms with van der Waals surface area (Å²) in [5.41, 5.74) is 6.82. The highest BCUT2D eigenvalue weighted by Gasteiger charge is 2.33. The van der Waals surface area contributed by atoms with Crippen LogP contribution in [0.25, 0.3) is 0 Å². The standard InChI is InChI=1S/C11H14ClN3O2/c1-15-3-2-6-4-7(12)5-8(10(13)16)9(6)14-11(15)17/h2-3,7-8H,4-5H2,1H3,(H2,13,16)(H,14,17). The molecule has 0 saturated carbocycles. The van der Waals surface area contributed by atoms with E-state index in [1.54, 1.807) is 19.3 Å². The Labute approximate surface area is 104 Å². The maximum atomic E-state index is 11.7. The van der Waals surface area contributed by atoms with Gasteiger partial charge in [0.05, 0.1) is 5.92 Å². The highest BCUT2D eigenvalue weighted by molar-refractivity contribution is 6.21. The van der Waals surface area contributed by atoms with Crippen LogP contribution in [0, 0.1) is 5.92 Å². The minimum atomic E-state index is -0.513. The van der Waals surface area contributed by atoms with Crippen molar-refractivity contribution >= 4 is 23.5 Å². The van der Waals surface area contributed by atoms with E-state index in [0.29, 0.717) is 18.5 Å². The Morgan fingerprint density at radius 2 is 2.35 bits per heavy atom. The lowest BCUT2D eigenvalue weighted by Gasteiger charge is -2.27. The Balaban J connectivity index is 2.39. The number of halogens is 1. The first-order chi connectivity index (χ1) is 7.99. The summed E-state index contributed by atoms with van der Waals surface area (Å²) >= 11 is 6.10. The van der Waals surface area contributed by atoms with Crippen LogP contribution in [0.15, 0.2) is 23.5 Å². The molecule has 0 fully saturated rings. The zero-order chi connectivity index (χ0) is 12.6. The third kappa shape index (κ3) is 2.29. The molecule has 1 aliphatic carbocycles. The molecule has 2 aliphatic rings. The lowest BCUT2D eigenvalue weighted by Crippen LogP contribution is -2.40. The number of nitrogens with zero attached hydrogens (tertiary/aromatic N) is 1.